The monoisotopic (exact) mass is 352 g/mol. The molecular formula is C18H12N2O2S2. The molecule has 0 N–H and O–H groups in total. The van der Waals surface area contributed by atoms with Crippen LogP contribution in [0.3, 0.4) is 0 Å². The lowest BCUT2D eigenvalue weighted by Crippen LogP contribution is -2.24. The van der Waals surface area contributed by atoms with Crippen molar-refractivity contribution in [2.24, 2.45) is 0 Å². The van der Waals surface area contributed by atoms with Crippen molar-refractivity contribution in [1.82, 2.24) is 9.55 Å². The van der Waals surface area contributed by atoms with E-state index in [1.807, 2.05) is 47.2 Å². The fourth-order valence-corrected chi connectivity index (χ4v) is 4.14. The van der Waals surface area contributed by atoms with Gasteiger partial charge in [0.2, 0.25) is 0 Å². The highest BCUT2D eigenvalue weighted by Gasteiger charge is 2.15. The molecule has 0 spiro atoms. The maximum Gasteiger partial charge on any atom is 0.263 e. The maximum absolute atomic E-state index is 12.9. The molecule has 0 aliphatic rings. The molecule has 118 valence electrons. The van der Waals surface area contributed by atoms with Crippen LogP contribution in [0.25, 0.3) is 21.3 Å². The van der Waals surface area contributed by atoms with Crippen LogP contribution in [0.15, 0.2) is 64.3 Å². The molecule has 0 amide bonds. The zero-order chi connectivity index (χ0) is 16.5. The van der Waals surface area contributed by atoms with Crippen LogP contribution in [0.2, 0.25) is 0 Å². The van der Waals surface area contributed by atoms with Gasteiger partial charge in [0.1, 0.15) is 4.83 Å². The maximum atomic E-state index is 12.9. The van der Waals surface area contributed by atoms with Crippen molar-refractivity contribution in [3.63, 3.8) is 0 Å². The van der Waals surface area contributed by atoms with Crippen molar-refractivity contribution in [1.29, 1.82) is 0 Å². The molecule has 0 radical (unpaired) electrons. The summed E-state index contributed by atoms with van der Waals surface area (Å²) in [4.78, 5) is 30.8. The average molecular weight is 352 g/mol. The summed E-state index contributed by atoms with van der Waals surface area (Å²) in [5.74, 6) is -0.0789. The number of carbonyl (C=O) groups excluding carboxylic acids is 1. The SMILES string of the molecule is O=C(Cn1cnc2scc(-c3ccccc3)c2c1=O)c1cccs1. The van der Waals surface area contributed by atoms with Gasteiger partial charge in [-0.3, -0.25) is 14.2 Å². The molecule has 0 bridgehead atoms. The fourth-order valence-electron chi connectivity index (χ4n) is 2.58. The van der Waals surface area contributed by atoms with Gasteiger partial charge in [-0.1, -0.05) is 36.4 Å². The third-order valence-electron chi connectivity index (χ3n) is 3.76. The quantitative estimate of drug-likeness (QED) is 0.520. The van der Waals surface area contributed by atoms with Gasteiger partial charge in [-0.05, 0) is 17.0 Å². The third-order valence-corrected chi connectivity index (χ3v) is 5.55. The predicted octanol–water partition coefficient (Wildman–Crippen LogP) is 4.07. The van der Waals surface area contributed by atoms with Crippen molar-refractivity contribution < 1.29 is 4.79 Å². The number of thiophene rings is 2. The summed E-state index contributed by atoms with van der Waals surface area (Å²) in [5.41, 5.74) is 1.67. The molecule has 3 aromatic heterocycles. The highest BCUT2D eigenvalue weighted by Crippen LogP contribution is 2.30. The molecule has 0 aliphatic heterocycles. The van der Waals surface area contributed by atoms with Crippen LogP contribution in [0, 0.1) is 0 Å². The third kappa shape index (κ3) is 2.60. The van der Waals surface area contributed by atoms with Crippen LogP contribution in [0.5, 0.6) is 0 Å². The van der Waals surface area contributed by atoms with Gasteiger partial charge in [0.15, 0.2) is 5.78 Å². The Balaban J connectivity index is 1.80. The van der Waals surface area contributed by atoms with Gasteiger partial charge >= 0.3 is 0 Å². The number of fused-ring (bicyclic) bond motifs is 1. The Hall–Kier alpha value is -2.57. The lowest BCUT2D eigenvalue weighted by Gasteiger charge is -2.05. The molecule has 0 saturated heterocycles. The van der Waals surface area contributed by atoms with E-state index in [-0.39, 0.29) is 17.9 Å². The molecule has 0 saturated carbocycles. The van der Waals surface area contributed by atoms with Gasteiger partial charge in [0.05, 0.1) is 23.1 Å². The molecule has 24 heavy (non-hydrogen) atoms. The number of ketones is 1. The Labute approximate surface area is 145 Å². The number of benzene rings is 1. The van der Waals surface area contributed by atoms with E-state index in [4.69, 9.17) is 0 Å². The van der Waals surface area contributed by atoms with Crippen molar-refractivity contribution >= 4 is 38.7 Å². The van der Waals surface area contributed by atoms with Gasteiger partial charge in [-0.2, -0.15) is 0 Å². The summed E-state index contributed by atoms with van der Waals surface area (Å²) >= 11 is 2.82. The standard InChI is InChI=1S/C18H12N2O2S2/c21-14(15-7-4-8-23-15)9-20-11-19-17-16(18(20)22)13(10-24-17)12-5-2-1-3-6-12/h1-8,10-11H,9H2. The second-order valence-electron chi connectivity index (χ2n) is 5.27. The number of Topliss-reactive ketones (excluding diaryl/α,β-unsaturated/α-hetero) is 1. The highest BCUT2D eigenvalue weighted by atomic mass is 32.1. The molecule has 3 heterocycles. The van der Waals surface area contributed by atoms with Crippen molar-refractivity contribution in [2.75, 3.05) is 0 Å². The molecule has 4 rings (SSSR count). The van der Waals surface area contributed by atoms with Crippen LogP contribution in [-0.2, 0) is 6.54 Å². The van der Waals surface area contributed by atoms with E-state index in [2.05, 4.69) is 4.98 Å². The Bertz CT molecular complexity index is 1060. The largest absolute Gasteiger partial charge is 0.291 e. The summed E-state index contributed by atoms with van der Waals surface area (Å²) in [7, 11) is 0. The molecular weight excluding hydrogens is 340 g/mol. The van der Waals surface area contributed by atoms with E-state index in [1.54, 1.807) is 6.07 Å². The minimum atomic E-state index is -0.176. The van der Waals surface area contributed by atoms with Gasteiger partial charge in [0.25, 0.3) is 5.56 Å². The Kier molecular flexibility index (Phi) is 3.84. The van der Waals surface area contributed by atoms with E-state index in [9.17, 15) is 9.59 Å². The molecule has 0 fully saturated rings. The van der Waals surface area contributed by atoms with E-state index in [0.29, 0.717) is 15.1 Å². The van der Waals surface area contributed by atoms with Gasteiger partial charge in [-0.15, -0.1) is 22.7 Å². The number of hydrogen-bond donors (Lipinski definition) is 0. The first-order valence-electron chi connectivity index (χ1n) is 7.33. The smallest absolute Gasteiger partial charge is 0.263 e. The molecule has 0 atom stereocenters. The summed E-state index contributed by atoms with van der Waals surface area (Å²) < 4.78 is 1.39. The molecule has 6 heteroatoms. The van der Waals surface area contributed by atoms with Crippen LogP contribution in [0.1, 0.15) is 9.67 Å². The summed E-state index contributed by atoms with van der Waals surface area (Å²) in [6.07, 6.45) is 1.46. The van der Waals surface area contributed by atoms with E-state index in [0.717, 1.165) is 11.1 Å². The number of hydrogen-bond acceptors (Lipinski definition) is 5. The van der Waals surface area contributed by atoms with Gasteiger partial charge in [0, 0.05) is 10.9 Å². The van der Waals surface area contributed by atoms with Crippen LogP contribution >= 0.6 is 22.7 Å². The Morgan fingerprint density at radius 2 is 1.92 bits per heavy atom. The normalized spacial score (nSPS) is 11.0. The first-order chi connectivity index (χ1) is 11.7. The summed E-state index contributed by atoms with van der Waals surface area (Å²) in [5, 5.41) is 4.37. The molecule has 4 nitrogen and oxygen atoms in total. The van der Waals surface area contributed by atoms with Crippen molar-refractivity contribution in [3.8, 4) is 11.1 Å². The lowest BCUT2D eigenvalue weighted by molar-refractivity contribution is 0.0974. The lowest BCUT2D eigenvalue weighted by atomic mass is 10.1. The number of aromatic nitrogens is 2. The minimum absolute atomic E-state index is 0.00631. The van der Waals surface area contributed by atoms with Crippen molar-refractivity contribution in [3.05, 3.63) is 74.8 Å². The summed E-state index contributed by atoms with van der Waals surface area (Å²) in [6.45, 7) is 0.00631. The van der Waals surface area contributed by atoms with E-state index in [1.165, 1.54) is 33.6 Å². The topological polar surface area (TPSA) is 52.0 Å². The molecule has 1 aromatic carbocycles. The van der Waals surface area contributed by atoms with E-state index < -0.39 is 0 Å². The second-order valence-corrected chi connectivity index (χ2v) is 7.08. The number of rotatable bonds is 4. The number of nitrogens with zero attached hydrogens (tertiary/aromatic N) is 2. The molecule has 0 aliphatic carbocycles. The molecule has 4 aromatic rings. The fraction of sp³-hybridized carbons (Fsp3) is 0.0556. The minimum Gasteiger partial charge on any atom is -0.291 e. The van der Waals surface area contributed by atoms with Crippen LogP contribution in [-0.4, -0.2) is 15.3 Å². The predicted molar refractivity (Wildman–Crippen MR) is 98.0 cm³/mol. The van der Waals surface area contributed by atoms with Crippen LogP contribution < -0.4 is 5.56 Å². The Morgan fingerprint density at radius 3 is 2.67 bits per heavy atom. The zero-order valence-electron chi connectivity index (χ0n) is 12.5. The van der Waals surface area contributed by atoms with E-state index >= 15 is 0 Å². The summed E-state index contributed by atoms with van der Waals surface area (Å²) in [6, 6.07) is 13.3. The second kappa shape index (κ2) is 6.14. The van der Waals surface area contributed by atoms with Gasteiger partial charge < -0.3 is 0 Å². The van der Waals surface area contributed by atoms with Crippen LogP contribution in [0.4, 0.5) is 0 Å². The number of carbonyl (C=O) groups is 1. The highest BCUT2D eigenvalue weighted by molar-refractivity contribution is 7.17. The molecule has 0 unspecified atom stereocenters. The zero-order valence-corrected chi connectivity index (χ0v) is 14.1. The van der Waals surface area contributed by atoms with Crippen molar-refractivity contribution in [2.45, 2.75) is 6.54 Å². The van der Waals surface area contributed by atoms with Gasteiger partial charge in [-0.25, -0.2) is 4.98 Å². The average Bonchev–Trinajstić information content (AvgIpc) is 3.28. The first kappa shape index (κ1) is 15.0. The first-order valence-corrected chi connectivity index (χ1v) is 9.09. The Morgan fingerprint density at radius 1 is 1.08 bits per heavy atom.